The van der Waals surface area contributed by atoms with E-state index in [4.69, 9.17) is 10.4 Å². The lowest BCUT2D eigenvalue weighted by atomic mass is 10.2. The Bertz CT molecular complexity index is 312. The van der Waals surface area contributed by atoms with Crippen LogP contribution in [0.2, 0.25) is 0 Å². The fraction of sp³-hybridized carbons (Fsp3) is 0.625. The molecule has 0 bridgehead atoms. The van der Waals surface area contributed by atoms with Crippen molar-refractivity contribution in [3.05, 3.63) is 11.4 Å². The van der Waals surface area contributed by atoms with Gasteiger partial charge in [-0.1, -0.05) is 12.1 Å². The van der Waals surface area contributed by atoms with Crippen LogP contribution >= 0.6 is 0 Å². The minimum absolute atomic E-state index is 0.130. The standard InChI is InChI=1S/C8H12N4O/c1-2-8-7(6-9)10-11-12(8)4-3-5-13/h13H,2-5H2,1H3. The molecule has 5 heteroatoms. The highest BCUT2D eigenvalue weighted by Crippen LogP contribution is 2.05. The van der Waals surface area contributed by atoms with Gasteiger partial charge in [0.25, 0.3) is 0 Å². The molecule has 0 aromatic carbocycles. The van der Waals surface area contributed by atoms with Gasteiger partial charge in [-0.15, -0.1) is 5.10 Å². The van der Waals surface area contributed by atoms with E-state index in [0.29, 0.717) is 18.7 Å². The van der Waals surface area contributed by atoms with Crippen molar-refractivity contribution in [1.29, 1.82) is 5.26 Å². The molecule has 70 valence electrons. The predicted octanol–water partition coefficient (Wildman–Crippen LogP) is 0.0946. The molecule has 0 radical (unpaired) electrons. The van der Waals surface area contributed by atoms with Crippen LogP contribution in [0.25, 0.3) is 0 Å². The Hall–Kier alpha value is -1.41. The van der Waals surface area contributed by atoms with Crippen molar-refractivity contribution in [3.8, 4) is 6.07 Å². The lowest BCUT2D eigenvalue weighted by molar-refractivity contribution is 0.275. The van der Waals surface area contributed by atoms with Gasteiger partial charge >= 0.3 is 0 Å². The molecule has 13 heavy (non-hydrogen) atoms. The summed E-state index contributed by atoms with van der Waals surface area (Å²) in [6.45, 7) is 2.70. The summed E-state index contributed by atoms with van der Waals surface area (Å²) in [5, 5.41) is 24.9. The zero-order chi connectivity index (χ0) is 9.68. The molecule has 0 aliphatic heterocycles. The van der Waals surface area contributed by atoms with Gasteiger partial charge in [-0.3, -0.25) is 0 Å². The number of nitriles is 1. The molecule has 0 atom stereocenters. The topological polar surface area (TPSA) is 74.7 Å². The molecule has 0 unspecified atom stereocenters. The molecule has 1 rings (SSSR count). The second kappa shape index (κ2) is 4.58. The van der Waals surface area contributed by atoms with E-state index in [1.807, 2.05) is 13.0 Å². The lowest BCUT2D eigenvalue weighted by Gasteiger charge is -2.01. The highest BCUT2D eigenvalue weighted by Gasteiger charge is 2.09. The summed E-state index contributed by atoms with van der Waals surface area (Å²) in [6.07, 6.45) is 1.38. The van der Waals surface area contributed by atoms with E-state index in [-0.39, 0.29) is 6.61 Å². The lowest BCUT2D eigenvalue weighted by Crippen LogP contribution is -2.06. The molecule has 1 aromatic rings. The molecule has 1 N–H and O–H groups in total. The van der Waals surface area contributed by atoms with Crippen molar-refractivity contribution in [3.63, 3.8) is 0 Å². The monoisotopic (exact) mass is 180 g/mol. The Morgan fingerprint density at radius 2 is 2.38 bits per heavy atom. The van der Waals surface area contributed by atoms with Gasteiger partial charge < -0.3 is 5.11 Å². The van der Waals surface area contributed by atoms with Crippen LogP contribution in [0.3, 0.4) is 0 Å². The van der Waals surface area contributed by atoms with Crippen molar-refractivity contribution in [1.82, 2.24) is 15.0 Å². The van der Waals surface area contributed by atoms with E-state index >= 15 is 0 Å². The van der Waals surface area contributed by atoms with Crippen LogP contribution in [0, 0.1) is 11.3 Å². The number of hydrogen-bond donors (Lipinski definition) is 1. The number of rotatable bonds is 4. The summed E-state index contributed by atoms with van der Waals surface area (Å²) >= 11 is 0. The Kier molecular flexibility index (Phi) is 3.41. The first kappa shape index (κ1) is 9.68. The van der Waals surface area contributed by atoms with E-state index in [1.54, 1.807) is 4.68 Å². The third-order valence-corrected chi connectivity index (χ3v) is 1.81. The molecule has 0 spiro atoms. The maximum absolute atomic E-state index is 8.67. The molecule has 0 saturated carbocycles. The quantitative estimate of drug-likeness (QED) is 0.712. The Morgan fingerprint density at radius 3 is 2.92 bits per heavy atom. The van der Waals surface area contributed by atoms with Crippen LogP contribution in [0.5, 0.6) is 0 Å². The Labute approximate surface area is 76.6 Å². The van der Waals surface area contributed by atoms with Crippen molar-refractivity contribution >= 4 is 0 Å². The first-order valence-electron chi connectivity index (χ1n) is 4.26. The van der Waals surface area contributed by atoms with Crippen molar-refractivity contribution in [2.24, 2.45) is 0 Å². The van der Waals surface area contributed by atoms with Gasteiger partial charge in [0.1, 0.15) is 6.07 Å². The maximum atomic E-state index is 8.67. The van der Waals surface area contributed by atoms with Crippen molar-refractivity contribution in [2.45, 2.75) is 26.3 Å². The summed E-state index contributed by atoms with van der Waals surface area (Å²) in [4.78, 5) is 0. The van der Waals surface area contributed by atoms with E-state index in [1.165, 1.54) is 0 Å². The number of aromatic nitrogens is 3. The first-order chi connectivity index (χ1) is 6.33. The normalized spacial score (nSPS) is 9.92. The minimum atomic E-state index is 0.130. The average molecular weight is 180 g/mol. The summed E-state index contributed by atoms with van der Waals surface area (Å²) in [6, 6.07) is 1.99. The molecule has 0 aliphatic rings. The highest BCUT2D eigenvalue weighted by atomic mass is 16.3. The smallest absolute Gasteiger partial charge is 0.185 e. The number of aryl methyl sites for hydroxylation is 1. The van der Waals surface area contributed by atoms with Gasteiger partial charge in [0, 0.05) is 13.2 Å². The summed E-state index contributed by atoms with van der Waals surface area (Å²) in [5.41, 5.74) is 1.23. The fourth-order valence-electron chi connectivity index (χ4n) is 1.17. The largest absolute Gasteiger partial charge is 0.396 e. The molecule has 0 saturated heterocycles. The van der Waals surface area contributed by atoms with E-state index < -0.39 is 0 Å². The molecule has 0 aliphatic carbocycles. The van der Waals surface area contributed by atoms with Crippen molar-refractivity contribution < 1.29 is 5.11 Å². The SMILES string of the molecule is CCc1c(C#N)nnn1CCCO. The predicted molar refractivity (Wildman–Crippen MR) is 45.8 cm³/mol. The highest BCUT2D eigenvalue weighted by molar-refractivity contribution is 5.24. The van der Waals surface area contributed by atoms with Crippen LogP contribution in [0.4, 0.5) is 0 Å². The molecule has 0 amide bonds. The zero-order valence-electron chi connectivity index (χ0n) is 7.56. The Balaban J connectivity index is 2.83. The fourth-order valence-corrected chi connectivity index (χ4v) is 1.17. The molecule has 0 fully saturated rings. The molecular formula is C8H12N4O. The first-order valence-corrected chi connectivity index (χ1v) is 4.26. The second-order valence-corrected chi connectivity index (χ2v) is 2.65. The second-order valence-electron chi connectivity index (χ2n) is 2.65. The van der Waals surface area contributed by atoms with Gasteiger partial charge in [0.15, 0.2) is 5.69 Å². The van der Waals surface area contributed by atoms with Gasteiger partial charge in [-0.25, -0.2) is 4.68 Å². The van der Waals surface area contributed by atoms with Gasteiger partial charge in [0.2, 0.25) is 0 Å². The van der Waals surface area contributed by atoms with Crippen LogP contribution in [0.1, 0.15) is 24.7 Å². The summed E-state index contributed by atoms with van der Waals surface area (Å²) in [5.74, 6) is 0. The van der Waals surface area contributed by atoms with E-state index in [0.717, 1.165) is 12.1 Å². The third-order valence-electron chi connectivity index (χ3n) is 1.81. The van der Waals surface area contributed by atoms with Crippen molar-refractivity contribution in [2.75, 3.05) is 6.61 Å². The van der Waals surface area contributed by atoms with Gasteiger partial charge in [-0.2, -0.15) is 5.26 Å². The van der Waals surface area contributed by atoms with Gasteiger partial charge in [-0.05, 0) is 12.8 Å². The molecule has 1 aromatic heterocycles. The number of hydrogen-bond acceptors (Lipinski definition) is 4. The van der Waals surface area contributed by atoms with Crippen LogP contribution in [-0.2, 0) is 13.0 Å². The molecule has 5 nitrogen and oxygen atoms in total. The maximum Gasteiger partial charge on any atom is 0.185 e. The Morgan fingerprint density at radius 1 is 1.62 bits per heavy atom. The van der Waals surface area contributed by atoms with E-state index in [9.17, 15) is 0 Å². The number of aliphatic hydroxyl groups is 1. The average Bonchev–Trinajstić information content (AvgIpc) is 2.56. The minimum Gasteiger partial charge on any atom is -0.396 e. The summed E-state index contributed by atoms with van der Waals surface area (Å²) in [7, 11) is 0. The number of aliphatic hydroxyl groups excluding tert-OH is 1. The van der Waals surface area contributed by atoms with E-state index in [2.05, 4.69) is 10.3 Å². The third kappa shape index (κ3) is 2.04. The zero-order valence-corrected chi connectivity index (χ0v) is 7.56. The van der Waals surface area contributed by atoms with Crippen LogP contribution < -0.4 is 0 Å². The summed E-state index contributed by atoms with van der Waals surface area (Å²) < 4.78 is 1.68. The molecule has 1 heterocycles. The van der Waals surface area contributed by atoms with Crippen LogP contribution in [0.15, 0.2) is 0 Å². The molecular weight excluding hydrogens is 168 g/mol. The number of nitrogens with zero attached hydrogens (tertiary/aromatic N) is 4. The van der Waals surface area contributed by atoms with Crippen LogP contribution in [-0.4, -0.2) is 26.7 Å². The van der Waals surface area contributed by atoms with Gasteiger partial charge in [0.05, 0.1) is 5.69 Å².